The lowest BCUT2D eigenvalue weighted by molar-refractivity contribution is -0.227. The van der Waals surface area contributed by atoms with Crippen LogP contribution in [0.3, 0.4) is 0 Å². The first-order valence-electron chi connectivity index (χ1n) is 16.7. The number of ether oxygens (including phenoxy) is 4. The van der Waals surface area contributed by atoms with E-state index in [0.717, 1.165) is 33.2 Å². The van der Waals surface area contributed by atoms with E-state index in [4.69, 9.17) is 18.9 Å². The molecule has 6 rings (SSSR count). The van der Waals surface area contributed by atoms with E-state index in [0.29, 0.717) is 33.0 Å². The van der Waals surface area contributed by atoms with E-state index in [9.17, 15) is 0 Å². The molecule has 1 saturated heterocycles. The highest BCUT2D eigenvalue weighted by Gasteiger charge is 2.51. The lowest BCUT2D eigenvalue weighted by Crippen LogP contribution is -2.69. The van der Waals surface area contributed by atoms with Crippen LogP contribution >= 0.6 is 22.6 Å². The predicted molar refractivity (Wildman–Crippen MR) is 200 cm³/mol. The summed E-state index contributed by atoms with van der Waals surface area (Å²) in [6.45, 7) is 3.18. The molecule has 0 unspecified atom stereocenters. The van der Waals surface area contributed by atoms with Gasteiger partial charge in [0.05, 0.1) is 39.1 Å². The Morgan fingerprint density at radius 3 is 1.19 bits per heavy atom. The van der Waals surface area contributed by atoms with Crippen LogP contribution in [0.4, 0.5) is 0 Å². The Morgan fingerprint density at radius 1 is 0.417 bits per heavy atom. The molecule has 5 atom stereocenters. The van der Waals surface area contributed by atoms with Gasteiger partial charge in [0.25, 0.3) is 0 Å². The minimum atomic E-state index is -0.338. The van der Waals surface area contributed by atoms with Crippen LogP contribution in [0.5, 0.6) is 0 Å². The van der Waals surface area contributed by atoms with Crippen LogP contribution in [-0.4, -0.2) is 46.3 Å². The van der Waals surface area contributed by atoms with E-state index in [1.165, 1.54) is 5.56 Å². The average Bonchev–Trinajstić information content (AvgIpc) is 3.15. The average molecular weight is 754 g/mol. The minimum absolute atomic E-state index is 0.0530. The quantitative estimate of drug-likeness (QED) is 0.0746. The first-order valence-corrected chi connectivity index (χ1v) is 18.2. The molecule has 6 heteroatoms. The molecule has 0 aromatic heterocycles. The second kappa shape index (κ2) is 18.4. The summed E-state index contributed by atoms with van der Waals surface area (Å²) in [6.07, 6.45) is -0.913. The number of nitrogens with zero attached hydrogens (tertiary/aromatic N) is 1. The molecule has 1 aliphatic rings. The van der Waals surface area contributed by atoms with Crippen LogP contribution in [0.25, 0.3) is 0 Å². The number of likely N-dealkylation sites (tertiary alicyclic amines) is 1. The van der Waals surface area contributed by atoms with Gasteiger partial charge in [0.1, 0.15) is 18.3 Å². The Morgan fingerprint density at radius 2 is 0.771 bits per heavy atom. The van der Waals surface area contributed by atoms with Crippen molar-refractivity contribution in [1.82, 2.24) is 4.90 Å². The molecule has 0 amide bonds. The van der Waals surface area contributed by atoms with Gasteiger partial charge < -0.3 is 18.9 Å². The van der Waals surface area contributed by atoms with Crippen molar-refractivity contribution in [2.75, 3.05) is 11.0 Å². The van der Waals surface area contributed by atoms with Gasteiger partial charge in [-0.25, -0.2) is 0 Å². The summed E-state index contributed by atoms with van der Waals surface area (Å²) in [7, 11) is 0. The second-order valence-corrected chi connectivity index (χ2v) is 13.1. The summed E-state index contributed by atoms with van der Waals surface area (Å²) in [5.41, 5.74) is 5.77. The lowest BCUT2D eigenvalue weighted by Gasteiger charge is -2.52. The van der Waals surface area contributed by atoms with Gasteiger partial charge in [-0.05, 0) is 27.8 Å². The van der Waals surface area contributed by atoms with Gasteiger partial charge in [-0.15, -0.1) is 0 Å². The maximum atomic E-state index is 7.00. The van der Waals surface area contributed by atoms with E-state index in [1.807, 2.05) is 24.3 Å². The van der Waals surface area contributed by atoms with Crippen molar-refractivity contribution in [3.63, 3.8) is 0 Å². The van der Waals surface area contributed by atoms with E-state index >= 15 is 0 Å². The fourth-order valence-electron chi connectivity index (χ4n) is 6.42. The molecule has 1 aliphatic heterocycles. The Balaban J connectivity index is 1.37. The van der Waals surface area contributed by atoms with Crippen molar-refractivity contribution in [1.29, 1.82) is 0 Å². The standard InChI is InChI=1S/C42H44INO4/c43-26-38-40(46-29-35-20-10-3-11-21-35)42(48-31-37-24-14-5-15-25-37)41(47-30-36-22-12-4-13-23-36)39(32-45-28-34-18-8-2-9-19-34)44(38)27-33-16-6-1-7-17-33/h1-25,38-42H,26-32H2/t38-,39-,40+,41-,42-/m1/s1. The van der Waals surface area contributed by atoms with Crippen molar-refractivity contribution < 1.29 is 18.9 Å². The van der Waals surface area contributed by atoms with Gasteiger partial charge in [0, 0.05) is 17.0 Å². The topological polar surface area (TPSA) is 40.2 Å². The maximum Gasteiger partial charge on any atom is 0.113 e. The maximum absolute atomic E-state index is 7.00. The van der Waals surface area contributed by atoms with Gasteiger partial charge in [0.15, 0.2) is 0 Å². The molecule has 0 saturated carbocycles. The number of piperidine rings is 1. The van der Waals surface area contributed by atoms with Gasteiger partial charge in [-0.2, -0.15) is 0 Å². The zero-order valence-corrected chi connectivity index (χ0v) is 29.4. The normalized spacial score (nSPS) is 21.2. The first kappa shape index (κ1) is 34.5. The summed E-state index contributed by atoms with van der Waals surface area (Å²) in [6, 6.07) is 52.2. The van der Waals surface area contributed by atoms with E-state index in [1.54, 1.807) is 0 Å². The zero-order chi connectivity index (χ0) is 32.8. The van der Waals surface area contributed by atoms with Crippen molar-refractivity contribution in [3.8, 4) is 0 Å². The Labute approximate surface area is 299 Å². The van der Waals surface area contributed by atoms with Crippen LogP contribution in [0.2, 0.25) is 0 Å². The fraction of sp³-hybridized carbons (Fsp3) is 0.286. The number of hydrogen-bond donors (Lipinski definition) is 0. The van der Waals surface area contributed by atoms with Crippen molar-refractivity contribution in [3.05, 3.63) is 179 Å². The Hall–Kier alpha value is -3.37. The van der Waals surface area contributed by atoms with Crippen molar-refractivity contribution in [2.45, 2.75) is 63.4 Å². The molecule has 1 heterocycles. The largest absolute Gasteiger partial charge is 0.375 e. The summed E-state index contributed by atoms with van der Waals surface area (Å²) in [5, 5.41) is 0. The number of benzene rings is 5. The Bertz CT molecular complexity index is 1590. The van der Waals surface area contributed by atoms with Crippen molar-refractivity contribution in [2.24, 2.45) is 0 Å². The SMILES string of the molecule is IC[C@@H]1[C@H](OCc2ccccc2)[C@@H](OCc2ccccc2)[C@H](OCc2ccccc2)[C@@H](COCc2ccccc2)N1Cc1ccccc1. The third kappa shape index (κ3) is 9.62. The predicted octanol–water partition coefficient (Wildman–Crippen LogP) is 8.65. The summed E-state index contributed by atoms with van der Waals surface area (Å²) >= 11 is 2.52. The van der Waals surface area contributed by atoms with Crippen molar-refractivity contribution >= 4 is 22.6 Å². The summed E-state index contributed by atoms with van der Waals surface area (Å²) in [4.78, 5) is 2.56. The van der Waals surface area contributed by atoms with Crippen LogP contribution < -0.4 is 0 Å². The first-order chi connectivity index (χ1) is 23.8. The second-order valence-electron chi connectivity index (χ2n) is 12.2. The third-order valence-electron chi connectivity index (χ3n) is 8.88. The minimum Gasteiger partial charge on any atom is -0.375 e. The number of rotatable bonds is 16. The highest BCUT2D eigenvalue weighted by atomic mass is 127. The lowest BCUT2D eigenvalue weighted by atomic mass is 9.87. The molecule has 5 nitrogen and oxygen atoms in total. The molecule has 48 heavy (non-hydrogen) atoms. The highest BCUT2D eigenvalue weighted by molar-refractivity contribution is 14.1. The highest BCUT2D eigenvalue weighted by Crippen LogP contribution is 2.35. The van der Waals surface area contributed by atoms with E-state index in [2.05, 4.69) is 155 Å². The molecule has 0 spiro atoms. The van der Waals surface area contributed by atoms with Crippen LogP contribution in [0, 0.1) is 0 Å². The smallest absolute Gasteiger partial charge is 0.113 e. The van der Waals surface area contributed by atoms with Crippen LogP contribution in [0.15, 0.2) is 152 Å². The van der Waals surface area contributed by atoms with Gasteiger partial charge in [-0.3, -0.25) is 4.90 Å². The number of alkyl halides is 1. The molecule has 5 aromatic rings. The third-order valence-corrected chi connectivity index (χ3v) is 9.78. The summed E-state index contributed by atoms with van der Waals surface area (Å²) < 4.78 is 28.3. The monoisotopic (exact) mass is 753 g/mol. The number of hydrogen-bond acceptors (Lipinski definition) is 5. The summed E-state index contributed by atoms with van der Waals surface area (Å²) in [5.74, 6) is 0. The molecule has 1 fully saturated rings. The molecule has 0 bridgehead atoms. The Kier molecular flexibility index (Phi) is 13.2. The van der Waals surface area contributed by atoms with Gasteiger partial charge in [-0.1, -0.05) is 174 Å². The molecule has 0 aliphatic carbocycles. The zero-order valence-electron chi connectivity index (χ0n) is 27.2. The van der Waals surface area contributed by atoms with Gasteiger partial charge >= 0.3 is 0 Å². The van der Waals surface area contributed by atoms with Crippen LogP contribution in [0.1, 0.15) is 27.8 Å². The van der Waals surface area contributed by atoms with E-state index < -0.39 is 0 Å². The van der Waals surface area contributed by atoms with Crippen LogP contribution in [-0.2, 0) is 51.9 Å². The van der Waals surface area contributed by atoms with E-state index in [-0.39, 0.29) is 30.4 Å². The van der Waals surface area contributed by atoms with Gasteiger partial charge in [0.2, 0.25) is 0 Å². The molecular formula is C42H44INO4. The fourth-order valence-corrected chi connectivity index (χ4v) is 7.42. The number of halogens is 1. The molecule has 0 radical (unpaired) electrons. The molecule has 248 valence electrons. The molecular weight excluding hydrogens is 709 g/mol. The molecule has 0 N–H and O–H groups in total. The molecule has 5 aromatic carbocycles.